The predicted octanol–water partition coefficient (Wildman–Crippen LogP) is 18.7. The van der Waals surface area contributed by atoms with Crippen molar-refractivity contribution in [3.63, 3.8) is 0 Å². The Morgan fingerprint density at radius 3 is 1.18 bits per heavy atom. The zero-order valence-electron chi connectivity index (χ0n) is 49.4. The maximum absolute atomic E-state index is 13.5. The molecule has 432 valence electrons. The number of carbonyl (C=O) groups is 2. The molecule has 1 N–H and O–H groups in total. The van der Waals surface area contributed by atoms with Crippen molar-refractivity contribution in [2.45, 2.75) is 328 Å². The summed E-state index contributed by atoms with van der Waals surface area (Å²) in [5.41, 5.74) is 0. The number of rotatable bonds is 58. The van der Waals surface area contributed by atoms with Crippen LogP contribution < -0.4 is 10.2 Å². The molecule has 0 aromatic heterocycles. The molecule has 0 bridgehead atoms. The van der Waals surface area contributed by atoms with Crippen LogP contribution >= 0.6 is 7.82 Å². The Balaban J connectivity index is 5.13. The van der Waals surface area contributed by atoms with Crippen LogP contribution in [0.2, 0.25) is 0 Å². The molecule has 0 radical (unpaired) electrons. The van der Waals surface area contributed by atoms with E-state index in [2.05, 4.69) is 38.2 Å². The van der Waals surface area contributed by atoms with Gasteiger partial charge in [-0.1, -0.05) is 270 Å². The Hall–Kier alpha value is -1.51. The summed E-state index contributed by atoms with van der Waals surface area (Å²) < 4.78 is 30.3. The number of quaternary nitrogens is 1. The number of ether oxygens (including phenoxy) is 1. The van der Waals surface area contributed by atoms with Crippen LogP contribution in [0.4, 0.5) is 0 Å². The number of amides is 1. The number of nitrogens with zero attached hydrogens (tertiary/aromatic N) is 1. The van der Waals surface area contributed by atoms with Gasteiger partial charge in [0.2, 0.25) is 5.91 Å². The summed E-state index contributed by atoms with van der Waals surface area (Å²) >= 11 is 0. The smallest absolute Gasteiger partial charge is 0.306 e. The van der Waals surface area contributed by atoms with Gasteiger partial charge in [0.15, 0.2) is 0 Å². The first-order valence-electron chi connectivity index (χ1n) is 31.6. The first-order chi connectivity index (χ1) is 35.4. The first-order valence-corrected chi connectivity index (χ1v) is 33.1. The molecule has 0 aliphatic heterocycles. The van der Waals surface area contributed by atoms with Crippen molar-refractivity contribution in [2.24, 2.45) is 0 Å². The molecule has 0 aromatic carbocycles. The summed E-state index contributed by atoms with van der Waals surface area (Å²) in [5, 5.41) is 3.03. The van der Waals surface area contributed by atoms with Gasteiger partial charge in [0.25, 0.3) is 7.82 Å². The highest BCUT2D eigenvalue weighted by Gasteiger charge is 2.27. The van der Waals surface area contributed by atoms with Crippen LogP contribution in [0.15, 0.2) is 24.3 Å². The van der Waals surface area contributed by atoms with Crippen molar-refractivity contribution in [1.82, 2.24) is 5.32 Å². The molecule has 10 heteroatoms. The summed E-state index contributed by atoms with van der Waals surface area (Å²) in [5.74, 6) is -0.530. The molecule has 0 aliphatic rings. The van der Waals surface area contributed by atoms with Gasteiger partial charge in [-0.25, -0.2) is 0 Å². The van der Waals surface area contributed by atoms with Crippen molar-refractivity contribution in [3.05, 3.63) is 24.3 Å². The summed E-state index contributed by atoms with van der Waals surface area (Å²) in [6.45, 7) is 6.86. The van der Waals surface area contributed by atoms with E-state index >= 15 is 0 Å². The maximum atomic E-state index is 13.5. The summed E-state index contributed by atoms with van der Waals surface area (Å²) in [7, 11) is 1.20. The van der Waals surface area contributed by atoms with Crippen molar-refractivity contribution in [2.75, 3.05) is 40.9 Å². The molecule has 0 saturated carbocycles. The fourth-order valence-electron chi connectivity index (χ4n) is 9.46. The molecule has 0 rings (SSSR count). The molecule has 1 amide bonds. The average molecular weight is 1050 g/mol. The topological polar surface area (TPSA) is 114 Å². The third kappa shape index (κ3) is 55.1. The average Bonchev–Trinajstić information content (AvgIpc) is 3.35. The molecule has 0 fully saturated rings. The van der Waals surface area contributed by atoms with Crippen LogP contribution in [0.1, 0.15) is 316 Å². The normalized spacial score (nSPS) is 13.8. The third-order valence-electron chi connectivity index (χ3n) is 14.4. The minimum Gasteiger partial charge on any atom is -0.756 e. The monoisotopic (exact) mass is 1050 g/mol. The zero-order chi connectivity index (χ0) is 53.6. The number of likely N-dealkylation sites (N-methyl/N-ethyl adjacent to an activating group) is 1. The lowest BCUT2D eigenvalue weighted by Crippen LogP contribution is -2.47. The van der Waals surface area contributed by atoms with E-state index < -0.39 is 20.0 Å². The SMILES string of the molecule is CCCCCC/C=C\CCCCCCCCCC(=O)NC(COP(=O)([O-])OCC[N+](C)(C)C)C(/C=C\CCCCCCCCCCC)OC(=O)CCCCCCCCCCCCCCCCCCCCCCC. The second-order valence-electron chi connectivity index (χ2n) is 22.9. The van der Waals surface area contributed by atoms with Crippen molar-refractivity contribution in [1.29, 1.82) is 0 Å². The summed E-state index contributed by atoms with van der Waals surface area (Å²) in [6, 6.07) is -0.884. The predicted molar refractivity (Wildman–Crippen MR) is 312 cm³/mol. The number of esters is 1. The van der Waals surface area contributed by atoms with Gasteiger partial charge < -0.3 is 28.5 Å². The Labute approximate surface area is 454 Å². The van der Waals surface area contributed by atoms with Crippen LogP contribution in [-0.2, 0) is 27.9 Å². The fraction of sp³-hybridized carbons (Fsp3) is 0.905. The quantitative estimate of drug-likeness (QED) is 0.0212. The van der Waals surface area contributed by atoms with Gasteiger partial charge in [-0.2, -0.15) is 0 Å². The number of phosphoric ester groups is 1. The summed E-state index contributed by atoms with van der Waals surface area (Å²) in [4.78, 5) is 39.9. The second kappa shape index (κ2) is 53.9. The van der Waals surface area contributed by atoms with Crippen molar-refractivity contribution >= 4 is 19.7 Å². The van der Waals surface area contributed by atoms with E-state index in [0.29, 0.717) is 17.4 Å². The van der Waals surface area contributed by atoms with Crippen LogP contribution in [-0.4, -0.2) is 69.4 Å². The number of carbonyl (C=O) groups excluding carboxylic acids is 2. The minimum absolute atomic E-state index is 0.0197. The number of hydrogen-bond acceptors (Lipinski definition) is 7. The van der Waals surface area contributed by atoms with Gasteiger partial charge in [-0.3, -0.25) is 14.2 Å². The maximum Gasteiger partial charge on any atom is 0.306 e. The highest BCUT2D eigenvalue weighted by Crippen LogP contribution is 2.38. The number of hydrogen-bond donors (Lipinski definition) is 1. The van der Waals surface area contributed by atoms with Gasteiger partial charge >= 0.3 is 5.97 Å². The van der Waals surface area contributed by atoms with E-state index in [0.717, 1.165) is 70.6 Å². The highest BCUT2D eigenvalue weighted by atomic mass is 31.2. The molecular formula is C63H123N2O7P. The second-order valence-corrected chi connectivity index (χ2v) is 24.3. The highest BCUT2D eigenvalue weighted by molar-refractivity contribution is 7.45. The van der Waals surface area contributed by atoms with E-state index in [9.17, 15) is 19.0 Å². The fourth-order valence-corrected chi connectivity index (χ4v) is 10.2. The zero-order valence-corrected chi connectivity index (χ0v) is 50.3. The van der Waals surface area contributed by atoms with Crippen molar-refractivity contribution < 1.29 is 37.3 Å². The number of unbranched alkanes of at least 4 members (excludes halogenated alkanes) is 40. The van der Waals surface area contributed by atoms with Gasteiger partial charge in [-0.15, -0.1) is 0 Å². The van der Waals surface area contributed by atoms with Crippen LogP contribution in [0.3, 0.4) is 0 Å². The largest absolute Gasteiger partial charge is 0.756 e. The Kier molecular flexibility index (Phi) is 52.8. The molecule has 0 aromatic rings. The molecule has 3 atom stereocenters. The lowest BCUT2D eigenvalue weighted by atomic mass is 10.0. The van der Waals surface area contributed by atoms with Crippen LogP contribution in [0, 0.1) is 0 Å². The van der Waals surface area contributed by atoms with E-state index in [1.165, 1.54) is 212 Å². The minimum atomic E-state index is -4.69. The lowest BCUT2D eigenvalue weighted by molar-refractivity contribution is -0.870. The van der Waals surface area contributed by atoms with E-state index in [4.69, 9.17) is 13.8 Å². The molecule has 0 heterocycles. The van der Waals surface area contributed by atoms with Gasteiger partial charge in [-0.05, 0) is 57.4 Å². The van der Waals surface area contributed by atoms with Crippen LogP contribution in [0.25, 0.3) is 0 Å². The van der Waals surface area contributed by atoms with E-state index in [1.54, 1.807) is 0 Å². The van der Waals surface area contributed by atoms with Gasteiger partial charge in [0.1, 0.15) is 19.3 Å². The Morgan fingerprint density at radius 2 is 0.795 bits per heavy atom. The number of nitrogens with one attached hydrogen (secondary N) is 1. The third-order valence-corrected chi connectivity index (χ3v) is 15.3. The molecule has 9 nitrogen and oxygen atoms in total. The lowest BCUT2D eigenvalue weighted by Gasteiger charge is -2.30. The van der Waals surface area contributed by atoms with Crippen molar-refractivity contribution in [3.8, 4) is 0 Å². The Morgan fingerprint density at radius 1 is 0.466 bits per heavy atom. The molecule has 0 aliphatic carbocycles. The molecule has 73 heavy (non-hydrogen) atoms. The molecule has 3 unspecified atom stereocenters. The first kappa shape index (κ1) is 71.5. The van der Waals surface area contributed by atoms with E-state index in [-0.39, 0.29) is 31.5 Å². The summed E-state index contributed by atoms with van der Waals surface area (Å²) in [6.07, 6.45) is 62.9. The number of allylic oxidation sites excluding steroid dienone is 3. The standard InChI is InChI=1S/C63H123N2O7P/c1-7-10-13-16-19-22-25-27-29-30-31-32-33-34-36-38-41-44-47-50-53-56-63(67)72-61(54-51-48-45-42-39-24-21-18-15-12-9-3)60(59-71-73(68,69)70-58-57-65(4,5)6)64-62(66)55-52-49-46-43-40-37-35-28-26-23-20-17-14-11-8-2/h23,26,51,54,60-61H,7-22,24-25,27-50,52-53,55-59H2,1-6H3,(H-,64,66,68,69)/b26-23-,54-51-. The number of phosphoric acid groups is 1. The van der Waals surface area contributed by atoms with Gasteiger partial charge in [0, 0.05) is 12.8 Å². The molecule has 0 saturated heterocycles. The molecule has 0 spiro atoms. The Bertz CT molecular complexity index is 1300. The van der Waals surface area contributed by atoms with E-state index in [1.807, 2.05) is 33.3 Å². The van der Waals surface area contributed by atoms with Crippen LogP contribution in [0.5, 0.6) is 0 Å². The van der Waals surface area contributed by atoms with Gasteiger partial charge in [0.05, 0.1) is 33.8 Å². The molecular weight excluding hydrogens is 928 g/mol.